The van der Waals surface area contributed by atoms with Crippen LogP contribution in [-0.4, -0.2) is 13.0 Å². The zero-order chi connectivity index (χ0) is 23.8. The summed E-state index contributed by atoms with van der Waals surface area (Å²) in [5, 5.41) is 1.77. The second-order valence-corrected chi connectivity index (χ2v) is 11.9. The van der Waals surface area contributed by atoms with Crippen molar-refractivity contribution >= 4 is 29.3 Å². The smallest absolute Gasteiger partial charge is 0.282 e. The molecule has 5 heteroatoms. The van der Waals surface area contributed by atoms with E-state index >= 15 is 0 Å². The lowest BCUT2D eigenvalue weighted by atomic mass is 10.0. The van der Waals surface area contributed by atoms with Crippen LogP contribution in [0.5, 0.6) is 0 Å². The van der Waals surface area contributed by atoms with Gasteiger partial charge in [-0.1, -0.05) is 141 Å². The van der Waals surface area contributed by atoms with Crippen LogP contribution in [0, 0.1) is 0 Å². The van der Waals surface area contributed by atoms with Crippen molar-refractivity contribution in [3.8, 4) is 0 Å². The molecule has 1 atom stereocenters. The molecule has 1 unspecified atom stereocenters. The molecule has 1 N–H and O–H groups in total. The molecule has 0 aliphatic rings. The zero-order valence-electron chi connectivity index (χ0n) is 20.4. The minimum atomic E-state index is -4.19. The van der Waals surface area contributed by atoms with Crippen molar-refractivity contribution in [3.63, 3.8) is 0 Å². The van der Waals surface area contributed by atoms with E-state index in [0.717, 1.165) is 11.7 Å². The topological polar surface area (TPSA) is 54.4 Å². The second kappa shape index (κ2) is 16.4. The van der Waals surface area contributed by atoms with Gasteiger partial charge in [0.25, 0.3) is 10.1 Å². The van der Waals surface area contributed by atoms with E-state index in [9.17, 15) is 13.0 Å². The third-order valence-electron chi connectivity index (χ3n) is 6.19. The number of aryl methyl sites for hydroxylation is 1. The maximum atomic E-state index is 11.6. The predicted molar refractivity (Wildman–Crippen MR) is 144 cm³/mol. The van der Waals surface area contributed by atoms with Crippen LogP contribution >= 0.6 is 8.58 Å². The van der Waals surface area contributed by atoms with Gasteiger partial charge in [-0.05, 0) is 35.1 Å². The van der Waals surface area contributed by atoms with Crippen LogP contribution in [0.3, 0.4) is 0 Å². The minimum absolute atomic E-state index is 0.0145. The van der Waals surface area contributed by atoms with Crippen molar-refractivity contribution in [1.82, 2.24) is 0 Å². The molecule has 0 aliphatic carbocycles. The fourth-order valence-corrected chi connectivity index (χ4v) is 6.55. The molecule has 0 heterocycles. The molecular formula is C28H43O3PS. The molecule has 0 saturated carbocycles. The Balaban J connectivity index is 1.59. The summed E-state index contributed by atoms with van der Waals surface area (Å²) in [5.74, 6) is 0. The van der Waals surface area contributed by atoms with E-state index in [4.69, 9.17) is 0 Å². The van der Waals surface area contributed by atoms with E-state index in [-0.39, 0.29) is 13.5 Å². The van der Waals surface area contributed by atoms with E-state index in [1.54, 1.807) is 12.1 Å². The lowest BCUT2D eigenvalue weighted by Gasteiger charge is -2.09. The standard InChI is InChI=1S/C28H43O3PS/c1-2-3-4-5-6-7-8-9-10-11-12-13-14-15-19-25-20-18-21-26(24-25)32-27-22-16-17-23-28(27)33(29,30)31/h16-18,20-24,32H,2-15,19H2,1H3,(H,29,30,31). The average Bonchev–Trinajstić information content (AvgIpc) is 2.79. The highest BCUT2D eigenvalue weighted by Crippen LogP contribution is 2.19. The molecule has 2 aromatic rings. The van der Waals surface area contributed by atoms with Crippen LogP contribution in [0.1, 0.15) is 102 Å². The fraction of sp³-hybridized carbons (Fsp3) is 0.571. The summed E-state index contributed by atoms with van der Waals surface area (Å²) in [6.07, 6.45) is 20.2. The Morgan fingerprint density at radius 1 is 0.697 bits per heavy atom. The van der Waals surface area contributed by atoms with Crippen LogP contribution in [-0.2, 0) is 16.5 Å². The Kier molecular flexibility index (Phi) is 13.9. The van der Waals surface area contributed by atoms with Crippen molar-refractivity contribution in [1.29, 1.82) is 0 Å². The van der Waals surface area contributed by atoms with Crippen molar-refractivity contribution in [3.05, 3.63) is 54.1 Å². The number of hydrogen-bond donors (Lipinski definition) is 1. The van der Waals surface area contributed by atoms with Gasteiger partial charge < -0.3 is 0 Å². The Morgan fingerprint density at radius 3 is 1.82 bits per heavy atom. The third kappa shape index (κ3) is 12.2. The molecular weight excluding hydrogens is 447 g/mol. The quantitative estimate of drug-likeness (QED) is 0.133. The molecule has 0 saturated heterocycles. The molecule has 2 rings (SSSR count). The first-order valence-electron chi connectivity index (χ1n) is 12.9. The van der Waals surface area contributed by atoms with Crippen LogP contribution in [0.4, 0.5) is 0 Å². The lowest BCUT2D eigenvalue weighted by Crippen LogP contribution is -2.13. The van der Waals surface area contributed by atoms with Crippen LogP contribution < -0.4 is 10.6 Å². The average molecular weight is 491 g/mol. The molecule has 0 bridgehead atoms. The van der Waals surface area contributed by atoms with Gasteiger partial charge in [0.1, 0.15) is 4.90 Å². The van der Waals surface area contributed by atoms with E-state index in [0.29, 0.717) is 5.30 Å². The number of rotatable bonds is 18. The molecule has 0 aromatic heterocycles. The summed E-state index contributed by atoms with van der Waals surface area (Å²) in [4.78, 5) is 0.0145. The molecule has 0 radical (unpaired) electrons. The van der Waals surface area contributed by atoms with Gasteiger partial charge in [0, 0.05) is 0 Å². The van der Waals surface area contributed by atoms with Gasteiger partial charge in [-0.15, -0.1) is 0 Å². The first-order valence-corrected chi connectivity index (χ1v) is 15.4. The summed E-state index contributed by atoms with van der Waals surface area (Å²) in [6, 6.07) is 15.1. The molecule has 0 spiro atoms. The normalized spacial score (nSPS) is 12.1. The molecule has 0 fully saturated rings. The number of hydrogen-bond acceptors (Lipinski definition) is 2. The van der Waals surface area contributed by atoms with Gasteiger partial charge in [-0.25, -0.2) is 0 Å². The maximum absolute atomic E-state index is 11.6. The predicted octanol–water partition coefficient (Wildman–Crippen LogP) is 7.59. The van der Waals surface area contributed by atoms with Crippen molar-refractivity contribution < 1.29 is 13.0 Å². The molecule has 33 heavy (non-hydrogen) atoms. The monoisotopic (exact) mass is 490 g/mol. The van der Waals surface area contributed by atoms with Gasteiger partial charge in [0.05, 0.1) is 0 Å². The van der Waals surface area contributed by atoms with Crippen LogP contribution in [0.25, 0.3) is 0 Å². The van der Waals surface area contributed by atoms with E-state index in [1.807, 2.05) is 12.1 Å². The van der Waals surface area contributed by atoms with Gasteiger partial charge in [-0.3, -0.25) is 4.55 Å². The highest BCUT2D eigenvalue weighted by molar-refractivity contribution is 7.86. The van der Waals surface area contributed by atoms with Crippen molar-refractivity contribution in [2.45, 2.75) is 108 Å². The maximum Gasteiger partial charge on any atom is 0.295 e. The highest BCUT2D eigenvalue weighted by Gasteiger charge is 2.14. The zero-order valence-corrected chi connectivity index (χ0v) is 22.2. The number of benzene rings is 2. The summed E-state index contributed by atoms with van der Waals surface area (Å²) in [5.41, 5.74) is 1.31. The minimum Gasteiger partial charge on any atom is -0.282 e. The van der Waals surface area contributed by atoms with Crippen molar-refractivity contribution in [2.75, 3.05) is 0 Å². The highest BCUT2D eigenvalue weighted by atomic mass is 32.2. The summed E-state index contributed by atoms with van der Waals surface area (Å²) in [6.45, 7) is 2.27. The van der Waals surface area contributed by atoms with E-state index in [1.165, 1.54) is 102 Å². The SMILES string of the molecule is CCCCCCCCCCCCCCCCc1cccc(Pc2ccccc2S(=O)(=O)O)c1. The van der Waals surface area contributed by atoms with E-state index in [2.05, 4.69) is 25.1 Å². The second-order valence-electron chi connectivity index (χ2n) is 9.14. The summed E-state index contributed by atoms with van der Waals surface area (Å²) < 4.78 is 32.7. The molecule has 2 aromatic carbocycles. The first-order chi connectivity index (χ1) is 16.0. The van der Waals surface area contributed by atoms with Gasteiger partial charge >= 0.3 is 0 Å². The summed E-state index contributed by atoms with van der Waals surface area (Å²) in [7, 11) is -3.98. The first kappa shape index (κ1) is 28.0. The Morgan fingerprint density at radius 2 is 1.24 bits per heavy atom. The fourth-order valence-electron chi connectivity index (χ4n) is 4.28. The Labute approximate surface area is 204 Å². The molecule has 184 valence electrons. The largest absolute Gasteiger partial charge is 0.295 e. The molecule has 0 aliphatic heterocycles. The van der Waals surface area contributed by atoms with Gasteiger partial charge in [-0.2, -0.15) is 8.42 Å². The lowest BCUT2D eigenvalue weighted by molar-refractivity contribution is 0.484. The Bertz CT molecular complexity index is 896. The van der Waals surface area contributed by atoms with Crippen LogP contribution in [0.2, 0.25) is 0 Å². The van der Waals surface area contributed by atoms with Crippen molar-refractivity contribution in [2.24, 2.45) is 0 Å². The molecule has 0 amide bonds. The van der Waals surface area contributed by atoms with Crippen LogP contribution in [0.15, 0.2) is 53.4 Å². The van der Waals surface area contributed by atoms with Gasteiger partial charge in [0.2, 0.25) is 0 Å². The third-order valence-corrected chi connectivity index (χ3v) is 8.59. The molecule has 3 nitrogen and oxygen atoms in total. The summed E-state index contributed by atoms with van der Waals surface area (Å²) >= 11 is 0. The van der Waals surface area contributed by atoms with Gasteiger partial charge in [0.15, 0.2) is 0 Å². The Hall–Kier alpha value is -1.22. The van der Waals surface area contributed by atoms with E-state index < -0.39 is 10.1 Å². The number of unbranched alkanes of at least 4 members (excludes halogenated alkanes) is 13.